The third-order valence-electron chi connectivity index (χ3n) is 13.9. The molecule has 0 atom stereocenters. The van der Waals surface area contributed by atoms with Crippen molar-refractivity contribution in [2.24, 2.45) is 0 Å². The van der Waals surface area contributed by atoms with Gasteiger partial charge >= 0.3 is 0 Å². The van der Waals surface area contributed by atoms with Crippen LogP contribution in [-0.2, 0) is 16.2 Å². The Morgan fingerprint density at radius 3 is 1.22 bits per heavy atom. The van der Waals surface area contributed by atoms with E-state index in [-0.39, 0.29) is 16.2 Å². The van der Waals surface area contributed by atoms with Crippen LogP contribution >= 0.6 is 12.6 Å². The van der Waals surface area contributed by atoms with Gasteiger partial charge < -0.3 is 0 Å². The van der Waals surface area contributed by atoms with Gasteiger partial charge in [0.1, 0.15) is 0 Å². The van der Waals surface area contributed by atoms with Crippen LogP contribution in [0.25, 0.3) is 98.0 Å². The average Bonchev–Trinajstić information content (AvgIpc) is 3.51. The summed E-state index contributed by atoms with van der Waals surface area (Å²) in [6.07, 6.45) is 4.19. The van der Waals surface area contributed by atoms with Crippen LogP contribution in [0.3, 0.4) is 0 Å². The first-order valence-electron chi connectivity index (χ1n) is 21.4. The van der Waals surface area contributed by atoms with E-state index in [2.05, 4.69) is 188 Å². The van der Waals surface area contributed by atoms with Crippen molar-refractivity contribution in [2.75, 3.05) is 5.75 Å². The standard InChI is InChI=1S/C58H50S/c1-8-58(26-9-27-59)50-32-36(44-20-14-34-10-12-38-28-42(56(2,3)4)30-40-18-24-48(44)54(34)52(38)40)16-22-46(50)47-23-17-37(33-51(47)58)45-21-15-35-11-13-39-29-43(57(5,6)7)31-41-19-25-49(45)55(35)53(39)41/h8,10-25,28-33,59H,1,9,26-27H2,2-7H3. The molecule has 10 aromatic rings. The van der Waals surface area contributed by atoms with Gasteiger partial charge in [0.05, 0.1) is 0 Å². The highest BCUT2D eigenvalue weighted by atomic mass is 32.1. The van der Waals surface area contributed by atoms with Crippen molar-refractivity contribution in [2.45, 2.75) is 70.6 Å². The molecule has 0 aliphatic heterocycles. The van der Waals surface area contributed by atoms with Crippen LogP contribution in [0.2, 0.25) is 0 Å². The van der Waals surface area contributed by atoms with Crippen LogP contribution < -0.4 is 0 Å². The average molecular weight is 779 g/mol. The summed E-state index contributed by atoms with van der Waals surface area (Å²) < 4.78 is 0. The Hall–Kier alpha value is -5.63. The number of thiol groups is 1. The Labute approximate surface area is 353 Å². The molecular formula is C58H50S. The lowest BCUT2D eigenvalue weighted by molar-refractivity contribution is 0.587. The van der Waals surface area contributed by atoms with Crippen molar-refractivity contribution in [3.63, 3.8) is 0 Å². The van der Waals surface area contributed by atoms with Crippen LogP contribution in [-0.4, -0.2) is 5.75 Å². The fourth-order valence-corrected chi connectivity index (χ4v) is 10.9. The van der Waals surface area contributed by atoms with E-state index in [4.69, 9.17) is 12.6 Å². The summed E-state index contributed by atoms with van der Waals surface area (Å²) in [5, 5.41) is 15.9. The van der Waals surface area contributed by atoms with E-state index >= 15 is 0 Å². The van der Waals surface area contributed by atoms with Crippen LogP contribution in [0.1, 0.15) is 76.6 Å². The fraction of sp³-hybridized carbons (Fsp3) is 0.207. The highest BCUT2D eigenvalue weighted by Gasteiger charge is 2.41. The predicted molar refractivity (Wildman–Crippen MR) is 262 cm³/mol. The van der Waals surface area contributed by atoms with Crippen molar-refractivity contribution >= 4 is 77.3 Å². The van der Waals surface area contributed by atoms with E-state index in [0.29, 0.717) is 0 Å². The summed E-state index contributed by atoms with van der Waals surface area (Å²) in [5.74, 6) is 0.831. The summed E-state index contributed by atoms with van der Waals surface area (Å²) in [4.78, 5) is 0. The molecule has 0 bridgehead atoms. The van der Waals surface area contributed by atoms with Crippen molar-refractivity contribution in [1.29, 1.82) is 0 Å². The van der Waals surface area contributed by atoms with Crippen LogP contribution in [0.5, 0.6) is 0 Å². The maximum Gasteiger partial charge on any atom is 0.0392 e. The Morgan fingerprint density at radius 1 is 0.458 bits per heavy atom. The molecule has 0 nitrogen and oxygen atoms in total. The summed E-state index contributed by atoms with van der Waals surface area (Å²) in [7, 11) is 0. The van der Waals surface area contributed by atoms with E-state index < -0.39 is 0 Å². The Balaban J connectivity index is 1.07. The minimum Gasteiger partial charge on any atom is -0.179 e. The maximum absolute atomic E-state index is 4.75. The lowest BCUT2D eigenvalue weighted by Crippen LogP contribution is -2.22. The van der Waals surface area contributed by atoms with Gasteiger partial charge in [-0.1, -0.05) is 169 Å². The molecule has 0 spiro atoms. The predicted octanol–water partition coefficient (Wildman–Crippen LogP) is 16.6. The van der Waals surface area contributed by atoms with E-state index in [0.717, 1.165) is 18.6 Å². The molecule has 0 fully saturated rings. The van der Waals surface area contributed by atoms with Crippen LogP contribution in [0.15, 0.2) is 146 Å². The SMILES string of the molecule is C=CC1(CCCS)c2cc(-c3ccc4ccc5cc(C(C)(C)C)cc6ccc3c4c56)ccc2-c2ccc(-c3ccc4ccc5cc(C(C)(C)C)cc6ccc3c4c56)cc21. The molecule has 0 unspecified atom stereocenters. The zero-order chi connectivity index (χ0) is 40.6. The lowest BCUT2D eigenvalue weighted by atomic mass is 9.73. The van der Waals surface area contributed by atoms with E-state index in [1.807, 2.05) is 0 Å². The van der Waals surface area contributed by atoms with E-state index in [1.165, 1.54) is 120 Å². The second-order valence-corrected chi connectivity index (χ2v) is 19.8. The highest BCUT2D eigenvalue weighted by molar-refractivity contribution is 7.80. The zero-order valence-corrected chi connectivity index (χ0v) is 35.9. The monoisotopic (exact) mass is 778 g/mol. The molecule has 0 saturated carbocycles. The highest BCUT2D eigenvalue weighted by Crippen LogP contribution is 2.55. The second kappa shape index (κ2) is 12.7. The summed E-state index contributed by atoms with van der Waals surface area (Å²) in [5.41, 5.74) is 13.0. The van der Waals surface area contributed by atoms with Crippen molar-refractivity contribution in [3.05, 3.63) is 168 Å². The largest absolute Gasteiger partial charge is 0.179 e. The van der Waals surface area contributed by atoms with Gasteiger partial charge in [-0.05, 0) is 162 Å². The van der Waals surface area contributed by atoms with Gasteiger partial charge in [0, 0.05) is 5.41 Å². The smallest absolute Gasteiger partial charge is 0.0392 e. The summed E-state index contributed by atoms with van der Waals surface area (Å²) in [6, 6.07) is 52.0. The number of allylic oxidation sites excluding steroid dienone is 1. The summed E-state index contributed by atoms with van der Waals surface area (Å²) in [6.45, 7) is 18.4. The van der Waals surface area contributed by atoms with Crippen molar-refractivity contribution in [1.82, 2.24) is 0 Å². The second-order valence-electron chi connectivity index (χ2n) is 19.4. The first-order chi connectivity index (χ1) is 28.4. The van der Waals surface area contributed by atoms with Gasteiger partial charge in [-0.15, -0.1) is 6.58 Å². The normalized spacial score (nSPS) is 14.1. The van der Waals surface area contributed by atoms with Gasteiger partial charge in [0.15, 0.2) is 0 Å². The van der Waals surface area contributed by atoms with Gasteiger partial charge in [0.25, 0.3) is 0 Å². The molecule has 0 N–H and O–H groups in total. The number of benzene rings is 10. The minimum absolute atomic E-state index is 0.0850. The molecule has 10 aromatic carbocycles. The van der Waals surface area contributed by atoms with Gasteiger partial charge in [0.2, 0.25) is 0 Å². The van der Waals surface area contributed by atoms with Crippen LogP contribution in [0, 0.1) is 0 Å². The molecule has 11 rings (SSSR count). The molecule has 288 valence electrons. The Kier molecular flexibility index (Phi) is 7.84. The Morgan fingerprint density at radius 2 is 0.831 bits per heavy atom. The minimum atomic E-state index is -0.334. The van der Waals surface area contributed by atoms with Gasteiger partial charge in [-0.3, -0.25) is 0 Å². The third kappa shape index (κ3) is 5.30. The summed E-state index contributed by atoms with van der Waals surface area (Å²) >= 11 is 4.75. The molecule has 1 aliphatic rings. The molecule has 59 heavy (non-hydrogen) atoms. The third-order valence-corrected chi connectivity index (χ3v) is 14.2. The zero-order valence-electron chi connectivity index (χ0n) is 35.1. The van der Waals surface area contributed by atoms with Crippen molar-refractivity contribution < 1.29 is 0 Å². The van der Waals surface area contributed by atoms with Gasteiger partial charge in [-0.25, -0.2) is 0 Å². The quantitative estimate of drug-likeness (QED) is 0.0970. The molecule has 0 aromatic heterocycles. The lowest BCUT2D eigenvalue weighted by Gasteiger charge is -2.29. The molecule has 0 amide bonds. The first kappa shape index (κ1) is 36.4. The molecular weight excluding hydrogens is 729 g/mol. The Bertz CT molecular complexity index is 3090. The molecule has 0 saturated heterocycles. The van der Waals surface area contributed by atoms with Crippen LogP contribution in [0.4, 0.5) is 0 Å². The molecule has 0 heterocycles. The van der Waals surface area contributed by atoms with E-state index in [9.17, 15) is 0 Å². The number of rotatable bonds is 6. The number of fused-ring (bicyclic) bond motifs is 3. The topological polar surface area (TPSA) is 0 Å². The molecule has 1 aliphatic carbocycles. The first-order valence-corrected chi connectivity index (χ1v) is 22.0. The number of hydrogen-bond donors (Lipinski definition) is 1. The van der Waals surface area contributed by atoms with Crippen molar-refractivity contribution in [3.8, 4) is 33.4 Å². The fourth-order valence-electron chi connectivity index (χ4n) is 10.7. The molecule has 0 radical (unpaired) electrons. The number of hydrogen-bond acceptors (Lipinski definition) is 1. The molecule has 1 heteroatoms. The maximum atomic E-state index is 4.75. The van der Waals surface area contributed by atoms with E-state index in [1.54, 1.807) is 0 Å². The van der Waals surface area contributed by atoms with Gasteiger partial charge in [-0.2, -0.15) is 12.6 Å².